The van der Waals surface area contributed by atoms with Gasteiger partial charge in [0.2, 0.25) is 0 Å². The molecule has 3 aromatic carbocycles. The lowest BCUT2D eigenvalue weighted by Gasteiger charge is -2.19. The number of nitrogens with zero attached hydrogens (tertiary/aromatic N) is 2. The van der Waals surface area contributed by atoms with Gasteiger partial charge in [-0.1, -0.05) is 68.8 Å². The van der Waals surface area contributed by atoms with Gasteiger partial charge < -0.3 is 10.1 Å². The number of halogens is 1. The van der Waals surface area contributed by atoms with Crippen molar-refractivity contribution in [2.45, 2.75) is 26.2 Å². The van der Waals surface area contributed by atoms with Gasteiger partial charge in [0.15, 0.2) is 5.15 Å². The van der Waals surface area contributed by atoms with Crippen molar-refractivity contribution in [2.24, 2.45) is 0 Å². The number of aromatic nitrogens is 2. The number of ether oxygens (including phenoxy) is 1. The highest BCUT2D eigenvalue weighted by Gasteiger charge is 2.14. The van der Waals surface area contributed by atoms with Crippen LogP contribution in [0, 0.1) is 0 Å². The van der Waals surface area contributed by atoms with Crippen molar-refractivity contribution >= 4 is 34.2 Å². The first kappa shape index (κ1) is 21.8. The summed E-state index contributed by atoms with van der Waals surface area (Å²) >= 11 is 6.02. The zero-order chi connectivity index (χ0) is 22.9. The molecule has 0 radical (unpaired) electrons. The minimum Gasteiger partial charge on any atom is -0.479 e. The first-order chi connectivity index (χ1) is 15.2. The Kier molecular flexibility index (Phi) is 5.85. The van der Waals surface area contributed by atoms with Crippen LogP contribution in [0.25, 0.3) is 22.2 Å². The minimum atomic E-state index is -0.201. The lowest BCUT2D eigenvalue weighted by atomic mass is 9.86. The Morgan fingerprint density at radius 2 is 1.50 bits per heavy atom. The fourth-order valence-electron chi connectivity index (χ4n) is 3.40. The van der Waals surface area contributed by atoms with E-state index in [2.05, 4.69) is 60.3 Å². The topological polar surface area (TPSA) is 64.1 Å². The normalized spacial score (nSPS) is 11.4. The minimum absolute atomic E-state index is 0.117. The summed E-state index contributed by atoms with van der Waals surface area (Å²) in [5, 5.41) is 3.10. The molecule has 0 aliphatic rings. The number of fused-ring (bicyclic) bond motifs is 1. The van der Waals surface area contributed by atoms with Crippen LogP contribution in [0.3, 0.4) is 0 Å². The van der Waals surface area contributed by atoms with E-state index in [1.165, 1.54) is 12.7 Å². The van der Waals surface area contributed by atoms with Crippen LogP contribution in [0.4, 0.5) is 5.69 Å². The van der Waals surface area contributed by atoms with Gasteiger partial charge in [0, 0.05) is 11.3 Å². The summed E-state index contributed by atoms with van der Waals surface area (Å²) in [4.78, 5) is 21.3. The van der Waals surface area contributed by atoms with Crippen molar-refractivity contribution in [2.75, 3.05) is 12.4 Å². The number of nitrogens with one attached hydrogen (secondary N) is 1. The molecule has 0 aliphatic carbocycles. The van der Waals surface area contributed by atoms with E-state index in [1.54, 1.807) is 18.2 Å². The van der Waals surface area contributed by atoms with Crippen molar-refractivity contribution < 1.29 is 9.53 Å². The maximum absolute atomic E-state index is 12.7. The molecule has 4 aromatic rings. The van der Waals surface area contributed by atoms with E-state index in [0.717, 1.165) is 11.1 Å². The molecule has 6 heteroatoms. The Morgan fingerprint density at radius 3 is 2.09 bits per heavy atom. The molecule has 162 valence electrons. The predicted molar refractivity (Wildman–Crippen MR) is 130 cm³/mol. The molecule has 5 nitrogen and oxygen atoms in total. The Morgan fingerprint density at radius 1 is 0.875 bits per heavy atom. The van der Waals surface area contributed by atoms with Crippen LogP contribution in [0.5, 0.6) is 5.88 Å². The quantitative estimate of drug-likeness (QED) is 0.389. The number of methoxy groups -OCH3 is 1. The van der Waals surface area contributed by atoms with Crippen molar-refractivity contribution in [3.05, 3.63) is 83.0 Å². The first-order valence-corrected chi connectivity index (χ1v) is 10.7. The Hall–Kier alpha value is -3.44. The molecule has 1 amide bonds. The lowest BCUT2D eigenvalue weighted by Crippen LogP contribution is -2.11. The highest BCUT2D eigenvalue weighted by Crippen LogP contribution is 2.27. The summed E-state index contributed by atoms with van der Waals surface area (Å²) < 4.78 is 5.12. The van der Waals surface area contributed by atoms with Gasteiger partial charge in [-0.2, -0.15) is 0 Å². The molecule has 0 spiro atoms. The van der Waals surface area contributed by atoms with Gasteiger partial charge in [-0.3, -0.25) is 4.79 Å². The molecule has 0 fully saturated rings. The number of benzene rings is 3. The Balaban J connectivity index is 1.51. The van der Waals surface area contributed by atoms with Crippen LogP contribution in [-0.2, 0) is 5.41 Å². The predicted octanol–water partition coefficient (Wildman–Crippen LogP) is 6.51. The fraction of sp³-hybridized carbons (Fsp3) is 0.192. The molecule has 32 heavy (non-hydrogen) atoms. The standard InChI is InChI=1S/C26H24ClN3O2/c1-26(2,3)19-11-9-17(10-12-19)16-5-7-18(8-6-16)24(31)28-20-13-14-21-22(15-20)30-25(32-4)23(27)29-21/h5-15H,1-4H3,(H,28,31). The zero-order valence-corrected chi connectivity index (χ0v) is 19.2. The highest BCUT2D eigenvalue weighted by atomic mass is 35.5. The Labute approximate surface area is 192 Å². The SMILES string of the molecule is COc1nc2cc(NC(=O)c3ccc(-c4ccc(C(C)(C)C)cc4)cc3)ccc2nc1Cl. The second kappa shape index (κ2) is 8.60. The summed E-state index contributed by atoms with van der Waals surface area (Å²) in [6.07, 6.45) is 0. The maximum atomic E-state index is 12.7. The molecule has 4 rings (SSSR count). The van der Waals surface area contributed by atoms with E-state index >= 15 is 0 Å². The number of hydrogen-bond donors (Lipinski definition) is 1. The highest BCUT2D eigenvalue weighted by molar-refractivity contribution is 6.31. The van der Waals surface area contributed by atoms with E-state index < -0.39 is 0 Å². The molecule has 1 N–H and O–H groups in total. The van der Waals surface area contributed by atoms with Crippen LogP contribution < -0.4 is 10.1 Å². The molecule has 0 bridgehead atoms. The molecule has 0 saturated carbocycles. The Bertz CT molecular complexity index is 1280. The average Bonchev–Trinajstić information content (AvgIpc) is 2.78. The van der Waals surface area contributed by atoms with Gasteiger partial charge in [-0.15, -0.1) is 0 Å². The monoisotopic (exact) mass is 445 g/mol. The van der Waals surface area contributed by atoms with Crippen molar-refractivity contribution in [3.63, 3.8) is 0 Å². The molecule has 0 atom stereocenters. The van der Waals surface area contributed by atoms with E-state index in [4.69, 9.17) is 16.3 Å². The summed E-state index contributed by atoms with van der Waals surface area (Å²) in [7, 11) is 1.48. The second-order valence-electron chi connectivity index (χ2n) is 8.59. The van der Waals surface area contributed by atoms with E-state index in [1.807, 2.05) is 24.3 Å². The number of hydrogen-bond acceptors (Lipinski definition) is 4. The molecule has 0 aliphatic heterocycles. The maximum Gasteiger partial charge on any atom is 0.255 e. The van der Waals surface area contributed by atoms with Crippen molar-refractivity contribution in [1.29, 1.82) is 0 Å². The van der Waals surface area contributed by atoms with Crippen LogP contribution in [0.15, 0.2) is 66.7 Å². The van der Waals surface area contributed by atoms with Crippen molar-refractivity contribution in [1.82, 2.24) is 9.97 Å². The number of carbonyl (C=O) groups is 1. The molecular weight excluding hydrogens is 422 g/mol. The number of rotatable bonds is 4. The van der Waals surface area contributed by atoms with Gasteiger partial charge in [-0.05, 0) is 52.4 Å². The molecule has 1 heterocycles. The third-order valence-corrected chi connectivity index (χ3v) is 5.52. The van der Waals surface area contributed by atoms with Crippen LogP contribution in [0.2, 0.25) is 5.15 Å². The third-order valence-electron chi connectivity index (χ3n) is 5.28. The smallest absolute Gasteiger partial charge is 0.255 e. The summed E-state index contributed by atoms with van der Waals surface area (Å²) in [5.74, 6) is 0.0432. The van der Waals surface area contributed by atoms with Crippen LogP contribution >= 0.6 is 11.6 Å². The van der Waals surface area contributed by atoms with E-state index in [9.17, 15) is 4.79 Å². The van der Waals surface area contributed by atoms with Gasteiger partial charge >= 0.3 is 0 Å². The molecular formula is C26H24ClN3O2. The van der Waals surface area contributed by atoms with Gasteiger partial charge in [0.1, 0.15) is 0 Å². The molecule has 1 aromatic heterocycles. The third kappa shape index (κ3) is 4.58. The van der Waals surface area contributed by atoms with E-state index in [-0.39, 0.29) is 22.4 Å². The van der Waals surface area contributed by atoms with Gasteiger partial charge in [0.05, 0.1) is 18.1 Å². The molecule has 0 unspecified atom stereocenters. The molecule has 0 saturated heterocycles. The van der Waals surface area contributed by atoms with E-state index in [0.29, 0.717) is 22.3 Å². The van der Waals surface area contributed by atoms with Gasteiger partial charge in [-0.25, -0.2) is 9.97 Å². The van der Waals surface area contributed by atoms with Crippen LogP contribution in [-0.4, -0.2) is 23.0 Å². The second-order valence-corrected chi connectivity index (χ2v) is 8.94. The number of anilines is 1. The summed E-state index contributed by atoms with van der Waals surface area (Å²) in [5.41, 5.74) is 5.97. The first-order valence-electron chi connectivity index (χ1n) is 10.3. The van der Waals surface area contributed by atoms with Crippen molar-refractivity contribution in [3.8, 4) is 17.0 Å². The number of carbonyl (C=O) groups excluding carboxylic acids is 1. The summed E-state index contributed by atoms with van der Waals surface area (Å²) in [6.45, 7) is 6.59. The number of amides is 1. The van der Waals surface area contributed by atoms with Crippen LogP contribution in [0.1, 0.15) is 36.7 Å². The lowest BCUT2D eigenvalue weighted by molar-refractivity contribution is 0.102. The average molecular weight is 446 g/mol. The van der Waals surface area contributed by atoms with Gasteiger partial charge in [0.25, 0.3) is 11.8 Å². The zero-order valence-electron chi connectivity index (χ0n) is 18.4. The largest absolute Gasteiger partial charge is 0.479 e. The summed E-state index contributed by atoms with van der Waals surface area (Å²) in [6, 6.07) is 21.4. The fourth-order valence-corrected chi connectivity index (χ4v) is 3.61.